The molecule has 0 aliphatic carbocycles. The minimum absolute atomic E-state index is 0.824. The summed E-state index contributed by atoms with van der Waals surface area (Å²) in [7, 11) is 0. The van der Waals surface area contributed by atoms with Crippen molar-refractivity contribution >= 4 is 103 Å². The van der Waals surface area contributed by atoms with Crippen LogP contribution < -0.4 is 4.90 Å². The molecule has 0 bridgehead atoms. The lowest BCUT2D eigenvalue weighted by Gasteiger charge is -2.27. The van der Waals surface area contributed by atoms with Crippen LogP contribution in [0.1, 0.15) is 0 Å². The summed E-state index contributed by atoms with van der Waals surface area (Å²) in [4.78, 5) is 2.42. The summed E-state index contributed by atoms with van der Waals surface area (Å²) in [6.07, 6.45) is 0. The molecule has 9 aromatic carbocycles. The van der Waals surface area contributed by atoms with Crippen molar-refractivity contribution in [1.29, 1.82) is 0 Å². The van der Waals surface area contributed by atoms with E-state index in [1.807, 2.05) is 17.4 Å². The second-order valence-corrected chi connectivity index (χ2v) is 15.4. The van der Waals surface area contributed by atoms with E-state index < -0.39 is 0 Å². The maximum Gasteiger partial charge on any atom is 0.144 e. The number of hydrogen-bond acceptors (Lipinski definition) is 4. The number of anilines is 3. The van der Waals surface area contributed by atoms with E-state index in [2.05, 4.69) is 187 Å². The Labute approximate surface area is 325 Å². The van der Waals surface area contributed by atoms with Crippen LogP contribution in [0.4, 0.5) is 17.1 Å². The first-order valence-electron chi connectivity index (χ1n) is 18.9. The van der Waals surface area contributed by atoms with E-state index in [1.54, 1.807) is 0 Å². The third kappa shape index (κ3) is 4.63. The normalized spacial score (nSPS) is 11.9. The van der Waals surface area contributed by atoms with Crippen LogP contribution in [0.25, 0.3) is 97.1 Å². The molecule has 0 spiro atoms. The summed E-state index contributed by atoms with van der Waals surface area (Å²) >= 11 is 1.84. The van der Waals surface area contributed by atoms with E-state index >= 15 is 0 Å². The van der Waals surface area contributed by atoms with Crippen LogP contribution >= 0.6 is 11.3 Å². The van der Waals surface area contributed by atoms with Gasteiger partial charge in [0.15, 0.2) is 0 Å². The highest BCUT2D eigenvalue weighted by Crippen LogP contribution is 2.51. The van der Waals surface area contributed by atoms with E-state index in [9.17, 15) is 0 Å². The lowest BCUT2D eigenvalue weighted by Crippen LogP contribution is -2.10. The van der Waals surface area contributed by atoms with Gasteiger partial charge in [-0.3, -0.25) is 0 Å². The molecule has 3 nitrogen and oxygen atoms in total. The van der Waals surface area contributed by atoms with Gasteiger partial charge in [0.2, 0.25) is 0 Å². The van der Waals surface area contributed by atoms with Crippen LogP contribution in [-0.4, -0.2) is 0 Å². The van der Waals surface area contributed by atoms with E-state index in [4.69, 9.17) is 8.83 Å². The van der Waals surface area contributed by atoms with Crippen molar-refractivity contribution in [3.8, 4) is 22.3 Å². The Morgan fingerprint density at radius 3 is 1.96 bits per heavy atom. The molecule has 262 valence electrons. The van der Waals surface area contributed by atoms with Gasteiger partial charge in [-0.15, -0.1) is 11.3 Å². The molecule has 0 saturated heterocycles. The predicted molar refractivity (Wildman–Crippen MR) is 237 cm³/mol. The van der Waals surface area contributed by atoms with Crippen LogP contribution in [0.2, 0.25) is 0 Å². The summed E-state index contributed by atoms with van der Waals surface area (Å²) in [5, 5.41) is 9.06. The third-order valence-corrected chi connectivity index (χ3v) is 12.5. The Bertz CT molecular complexity index is 3480. The Morgan fingerprint density at radius 1 is 0.411 bits per heavy atom. The van der Waals surface area contributed by atoms with Crippen molar-refractivity contribution in [2.24, 2.45) is 0 Å². The van der Waals surface area contributed by atoms with Crippen molar-refractivity contribution in [2.75, 3.05) is 4.90 Å². The highest BCUT2D eigenvalue weighted by molar-refractivity contribution is 7.26. The zero-order chi connectivity index (χ0) is 36.7. The minimum Gasteiger partial charge on any atom is -0.456 e. The number of para-hydroxylation sites is 1. The lowest BCUT2D eigenvalue weighted by molar-refractivity contribution is 0.664. The van der Waals surface area contributed by atoms with E-state index in [1.165, 1.54) is 42.1 Å². The Hall–Kier alpha value is -7.14. The molecule has 12 aromatic rings. The fourth-order valence-corrected chi connectivity index (χ4v) is 9.99. The standard InChI is InChI=1S/C52H31NO2S/c1-2-13-32(14-3-1)33-27-29-35(30-28-33)53(43-23-11-21-39-37-18-7-9-26-47(37)56-52(39)43)42-22-12-25-45-48(42)41-31-46-49(40-19-6-8-24-44(40)54-46)50(51(41)55-45)38-20-10-16-34-15-4-5-17-36(34)38/h1-31H. The van der Waals surface area contributed by atoms with Gasteiger partial charge >= 0.3 is 0 Å². The molecule has 3 aromatic heterocycles. The molecule has 56 heavy (non-hydrogen) atoms. The first kappa shape index (κ1) is 31.2. The van der Waals surface area contributed by atoms with Crippen LogP contribution in [0.5, 0.6) is 0 Å². The molecule has 0 N–H and O–H groups in total. The zero-order valence-corrected chi connectivity index (χ0v) is 30.9. The van der Waals surface area contributed by atoms with Crippen LogP contribution in [0.15, 0.2) is 197 Å². The maximum absolute atomic E-state index is 7.12. The van der Waals surface area contributed by atoms with Gasteiger partial charge < -0.3 is 13.7 Å². The van der Waals surface area contributed by atoms with Crippen molar-refractivity contribution in [3.05, 3.63) is 188 Å². The fraction of sp³-hybridized carbons (Fsp3) is 0. The highest BCUT2D eigenvalue weighted by Gasteiger charge is 2.26. The molecular formula is C52H31NO2S. The molecular weight excluding hydrogens is 703 g/mol. The van der Waals surface area contributed by atoms with Crippen LogP contribution in [-0.2, 0) is 0 Å². The molecule has 0 aliphatic rings. The summed E-state index contributed by atoms with van der Waals surface area (Å²) in [5.41, 5.74) is 11.1. The molecule has 0 amide bonds. The second-order valence-electron chi connectivity index (χ2n) is 14.4. The maximum atomic E-state index is 7.12. The molecule has 0 radical (unpaired) electrons. The molecule has 0 saturated carbocycles. The van der Waals surface area contributed by atoms with Gasteiger partial charge in [-0.1, -0.05) is 140 Å². The van der Waals surface area contributed by atoms with Crippen LogP contribution in [0, 0.1) is 0 Å². The topological polar surface area (TPSA) is 29.5 Å². The zero-order valence-electron chi connectivity index (χ0n) is 30.1. The summed E-state index contributed by atoms with van der Waals surface area (Å²) in [6.45, 7) is 0. The number of benzene rings is 9. The van der Waals surface area contributed by atoms with Crippen LogP contribution in [0.3, 0.4) is 0 Å². The first-order chi connectivity index (χ1) is 27.8. The number of furan rings is 2. The quantitative estimate of drug-likeness (QED) is 0.176. The number of fused-ring (bicyclic) bond motifs is 10. The third-order valence-electron chi connectivity index (χ3n) is 11.3. The van der Waals surface area contributed by atoms with E-state index in [0.29, 0.717) is 0 Å². The SMILES string of the molecule is c1ccc(-c2ccc(N(c3cccc4c3sc3ccccc34)c3cccc4oc5c(-c6cccc7ccccc67)c6c(cc5c34)oc3ccccc36)cc2)cc1. The molecule has 0 aliphatic heterocycles. The van der Waals surface area contributed by atoms with Crippen molar-refractivity contribution in [1.82, 2.24) is 0 Å². The fourth-order valence-electron chi connectivity index (χ4n) is 8.78. The number of thiophene rings is 1. The number of hydrogen-bond donors (Lipinski definition) is 0. The first-order valence-corrected chi connectivity index (χ1v) is 19.7. The second kappa shape index (κ2) is 12.2. The van der Waals surface area contributed by atoms with Gasteiger partial charge in [0.1, 0.15) is 22.3 Å². The van der Waals surface area contributed by atoms with Crippen molar-refractivity contribution in [2.45, 2.75) is 0 Å². The average Bonchev–Trinajstić information content (AvgIpc) is 3.95. The van der Waals surface area contributed by atoms with Gasteiger partial charge in [0.25, 0.3) is 0 Å². The average molecular weight is 734 g/mol. The van der Waals surface area contributed by atoms with Crippen molar-refractivity contribution in [3.63, 3.8) is 0 Å². The van der Waals surface area contributed by atoms with Gasteiger partial charge in [-0.2, -0.15) is 0 Å². The summed E-state index contributed by atoms with van der Waals surface area (Å²) < 4.78 is 16.3. The molecule has 4 heteroatoms. The van der Waals surface area contributed by atoms with Gasteiger partial charge in [-0.05, 0) is 76.0 Å². The lowest BCUT2D eigenvalue weighted by atomic mass is 9.92. The monoisotopic (exact) mass is 733 g/mol. The summed E-state index contributed by atoms with van der Waals surface area (Å²) in [6, 6.07) is 67.0. The Morgan fingerprint density at radius 2 is 1.07 bits per heavy atom. The van der Waals surface area contributed by atoms with Gasteiger partial charge in [0, 0.05) is 42.9 Å². The summed E-state index contributed by atoms with van der Waals surface area (Å²) in [5.74, 6) is 0. The molecule has 3 heterocycles. The Kier molecular flexibility index (Phi) is 6.80. The Balaban J connectivity index is 1.19. The van der Waals surface area contributed by atoms with E-state index in [0.717, 1.165) is 72.1 Å². The number of nitrogens with zero attached hydrogens (tertiary/aromatic N) is 1. The van der Waals surface area contributed by atoms with Crippen molar-refractivity contribution < 1.29 is 8.83 Å². The smallest absolute Gasteiger partial charge is 0.144 e. The molecule has 0 atom stereocenters. The predicted octanol–water partition coefficient (Wildman–Crippen LogP) is 15.8. The van der Waals surface area contributed by atoms with E-state index in [-0.39, 0.29) is 0 Å². The van der Waals surface area contributed by atoms with Gasteiger partial charge in [0.05, 0.1) is 21.5 Å². The highest BCUT2D eigenvalue weighted by atomic mass is 32.1. The molecule has 0 fully saturated rings. The molecule has 12 rings (SSSR count). The molecule has 0 unspecified atom stereocenters. The minimum atomic E-state index is 0.824. The largest absolute Gasteiger partial charge is 0.456 e. The number of rotatable bonds is 5. The van der Waals surface area contributed by atoms with Gasteiger partial charge in [-0.25, -0.2) is 0 Å².